The van der Waals surface area contributed by atoms with Crippen LogP contribution in [0.1, 0.15) is 11.4 Å². The second-order valence-corrected chi connectivity index (χ2v) is 17.7. The zero-order valence-electron chi connectivity index (χ0n) is 30.9. The second kappa shape index (κ2) is 18.6. The number of aromatic nitrogens is 6. The first-order valence-electron chi connectivity index (χ1n) is 17.7. The number of hydrogen-bond acceptors (Lipinski definition) is 16. The molecule has 4 aromatic carbocycles. The van der Waals surface area contributed by atoms with Crippen LogP contribution in [0, 0.1) is 36.1 Å². The van der Waals surface area contributed by atoms with Gasteiger partial charge in [0.15, 0.2) is 5.13 Å². The monoisotopic (exact) mass is 913 g/mol. The van der Waals surface area contributed by atoms with Crippen molar-refractivity contribution in [1.29, 1.82) is 0 Å². The molecular formula is C39H32ClF4N9O3S4. The zero-order chi connectivity index (χ0) is 42.7. The van der Waals surface area contributed by atoms with Crippen molar-refractivity contribution in [2.24, 2.45) is 5.92 Å². The van der Waals surface area contributed by atoms with Gasteiger partial charge in [0.1, 0.15) is 45.4 Å². The van der Waals surface area contributed by atoms with E-state index < -0.39 is 24.2 Å². The Hall–Kier alpha value is -5.19. The van der Waals surface area contributed by atoms with E-state index in [1.165, 1.54) is 93.9 Å². The summed E-state index contributed by atoms with van der Waals surface area (Å²) in [6.07, 6.45) is -1.85. The van der Waals surface area contributed by atoms with E-state index in [9.17, 15) is 32.9 Å². The van der Waals surface area contributed by atoms with E-state index in [0.717, 1.165) is 35.7 Å². The van der Waals surface area contributed by atoms with E-state index >= 15 is 0 Å². The molecule has 0 radical (unpaired) electrons. The van der Waals surface area contributed by atoms with Gasteiger partial charge in [-0.1, -0.05) is 22.9 Å². The van der Waals surface area contributed by atoms with E-state index in [4.69, 9.17) is 23.1 Å². The number of nitrogens with two attached hydrogens (primary N) is 2. The van der Waals surface area contributed by atoms with Gasteiger partial charge in [0.25, 0.3) is 0 Å². The number of fused-ring (bicyclic) bond motifs is 4. The first-order valence-corrected chi connectivity index (χ1v) is 21.4. The molecule has 60 heavy (non-hydrogen) atoms. The summed E-state index contributed by atoms with van der Waals surface area (Å²) in [5, 5.41) is 34.7. The summed E-state index contributed by atoms with van der Waals surface area (Å²) in [5.41, 5.74) is 16.3. The maximum atomic E-state index is 13.5. The lowest BCUT2D eigenvalue weighted by atomic mass is 10.1. The summed E-state index contributed by atoms with van der Waals surface area (Å²) in [6, 6.07) is 17.3. The molecule has 21 heteroatoms. The van der Waals surface area contributed by atoms with Crippen molar-refractivity contribution in [3.63, 3.8) is 0 Å². The highest BCUT2D eigenvalue weighted by Gasteiger charge is 2.41. The van der Waals surface area contributed by atoms with Crippen LogP contribution in [0.15, 0.2) is 78.3 Å². The molecule has 5 heterocycles. The Labute approximate surface area is 358 Å². The molecule has 8 N–H and O–H groups in total. The smallest absolute Gasteiger partial charge is 0.223 e. The van der Waals surface area contributed by atoms with Gasteiger partial charge in [0.2, 0.25) is 5.95 Å². The van der Waals surface area contributed by atoms with E-state index in [0.29, 0.717) is 32.3 Å². The van der Waals surface area contributed by atoms with Gasteiger partial charge in [0, 0.05) is 12.5 Å². The van der Waals surface area contributed by atoms with Crippen molar-refractivity contribution in [2.75, 3.05) is 23.4 Å². The summed E-state index contributed by atoms with van der Waals surface area (Å²) < 4.78 is 54.5. The summed E-state index contributed by atoms with van der Waals surface area (Å²) >= 11 is 11.8. The minimum atomic E-state index is -1.11. The summed E-state index contributed by atoms with van der Waals surface area (Å²) in [4.78, 5) is 24.8. The molecule has 10 rings (SSSR count). The number of halogens is 5. The van der Waals surface area contributed by atoms with Crippen molar-refractivity contribution < 1.29 is 32.9 Å². The van der Waals surface area contributed by atoms with E-state index in [1.807, 2.05) is 6.92 Å². The topological polar surface area (TPSA) is 202 Å². The largest absolute Gasteiger partial charge is 0.396 e. The molecule has 1 fully saturated rings. The summed E-state index contributed by atoms with van der Waals surface area (Å²) in [5.74, 6) is -1.31. The third-order valence-corrected chi connectivity index (χ3v) is 12.8. The number of nitrogens with one attached hydrogen (secondary N) is 1. The lowest BCUT2D eigenvalue weighted by Gasteiger charge is -2.20. The number of nitrogens with zero attached hydrogens (tertiary/aromatic N) is 6. The maximum absolute atomic E-state index is 13.5. The molecule has 310 valence electrons. The maximum Gasteiger partial charge on any atom is 0.223 e. The minimum Gasteiger partial charge on any atom is -0.396 e. The first-order chi connectivity index (χ1) is 28.7. The van der Waals surface area contributed by atoms with Gasteiger partial charge in [-0.3, -0.25) is 0 Å². The molecule has 0 spiro atoms. The molecule has 1 aliphatic carbocycles. The molecule has 9 aromatic rings. The van der Waals surface area contributed by atoms with Crippen LogP contribution in [0.3, 0.4) is 0 Å². The predicted octanol–water partition coefficient (Wildman–Crippen LogP) is 8.84. The average Bonchev–Trinajstić information content (AvgIpc) is 4.03. The molecule has 1 aliphatic rings. The van der Waals surface area contributed by atoms with E-state index in [1.54, 1.807) is 29.8 Å². The quantitative estimate of drug-likeness (QED) is 0.0725. The normalized spacial score (nSPS) is 17.2. The molecular weight excluding hydrogens is 882 g/mol. The lowest BCUT2D eigenvalue weighted by molar-refractivity contribution is 0.00446. The van der Waals surface area contributed by atoms with E-state index in [-0.39, 0.29) is 46.8 Å². The van der Waals surface area contributed by atoms with Crippen LogP contribution in [-0.4, -0.2) is 70.1 Å². The highest BCUT2D eigenvalue weighted by molar-refractivity contribution is 7.22. The van der Waals surface area contributed by atoms with Gasteiger partial charge >= 0.3 is 0 Å². The van der Waals surface area contributed by atoms with Gasteiger partial charge in [-0.15, -0.1) is 34.0 Å². The van der Waals surface area contributed by atoms with Crippen LogP contribution in [-0.2, 0) is 0 Å². The van der Waals surface area contributed by atoms with Crippen molar-refractivity contribution >= 4 is 115 Å². The van der Waals surface area contributed by atoms with Crippen molar-refractivity contribution in [1.82, 2.24) is 29.9 Å². The minimum absolute atomic E-state index is 0.0567. The summed E-state index contributed by atoms with van der Waals surface area (Å²) in [7, 11) is 0. The van der Waals surface area contributed by atoms with Gasteiger partial charge < -0.3 is 32.1 Å². The fourth-order valence-electron chi connectivity index (χ4n) is 6.13. The van der Waals surface area contributed by atoms with Crippen LogP contribution >= 0.6 is 56.9 Å². The highest BCUT2D eigenvalue weighted by atomic mass is 35.5. The fraction of sp³-hybridized carbons (Fsp3) is 0.179. The number of nitrogen functional groups attached to an aromatic ring is 2. The molecule has 0 aliphatic heterocycles. The third-order valence-electron chi connectivity index (χ3n) is 8.92. The van der Waals surface area contributed by atoms with Crippen molar-refractivity contribution in [2.45, 2.75) is 31.6 Å². The Morgan fingerprint density at radius 1 is 0.700 bits per heavy atom. The number of rotatable bonds is 4. The molecule has 5 aromatic heterocycles. The van der Waals surface area contributed by atoms with Gasteiger partial charge in [-0.2, -0.15) is 4.98 Å². The number of benzene rings is 4. The zero-order valence-corrected chi connectivity index (χ0v) is 35.0. The Kier molecular flexibility index (Phi) is 13.3. The van der Waals surface area contributed by atoms with Crippen LogP contribution in [0.2, 0.25) is 5.15 Å². The molecule has 0 amide bonds. The number of aliphatic hydroxyl groups excluding tert-OH is 3. The Morgan fingerprint density at radius 3 is 1.87 bits per heavy atom. The standard InChI is InChI=1S/C17H17ClFN5O3S.C8H6FNS.C7H5FN2S.C7H4FNS/c18-14-11(16-22-8-2-1-7(19)4-10(8)28-16)15(24-17(20)23-14)21-9-3-6(5-25)12(26)13(9)27;1-5-10-7-3-2-6(9)4-8(7)11-5;8-4-1-2-5-6(3-4)11-7(9)10-5;8-5-1-2-6-7(3-5)10-4-9-6/h1-2,4,6,9,12-13,25-27H,3,5H2,(H3,20,21,23,24);2-4H,1H3;1-3H,(H2,9,10);1-4H/t6-,9-,12-,13+;;;/m1.../s1. The average molecular weight is 914 g/mol. The predicted molar refractivity (Wildman–Crippen MR) is 233 cm³/mol. The number of aryl methyl sites for hydroxylation is 1. The second-order valence-electron chi connectivity index (χ2n) is 13.1. The highest BCUT2D eigenvalue weighted by Crippen LogP contribution is 2.40. The lowest BCUT2D eigenvalue weighted by Crippen LogP contribution is -2.35. The summed E-state index contributed by atoms with van der Waals surface area (Å²) in [6.45, 7) is 1.67. The van der Waals surface area contributed by atoms with Crippen LogP contribution in [0.25, 0.3) is 51.4 Å². The van der Waals surface area contributed by atoms with Crippen LogP contribution in [0.5, 0.6) is 0 Å². The molecule has 0 saturated heterocycles. The first kappa shape index (κ1) is 42.9. The Balaban J connectivity index is 0.000000138. The van der Waals surface area contributed by atoms with Crippen molar-refractivity contribution in [3.8, 4) is 10.6 Å². The Bertz CT molecular complexity index is 2850. The van der Waals surface area contributed by atoms with Gasteiger partial charge in [-0.05, 0) is 86.1 Å². The molecule has 4 atom stereocenters. The van der Waals surface area contributed by atoms with Crippen molar-refractivity contribution in [3.05, 3.63) is 112 Å². The molecule has 12 nitrogen and oxygen atoms in total. The van der Waals surface area contributed by atoms with Gasteiger partial charge in [-0.25, -0.2) is 42.5 Å². The number of hydrogen-bond donors (Lipinski definition) is 6. The van der Waals surface area contributed by atoms with E-state index in [2.05, 4.69) is 35.2 Å². The fourth-order valence-corrected chi connectivity index (χ4v) is 9.80. The molecule has 0 unspecified atom stereocenters. The number of thiazole rings is 4. The van der Waals surface area contributed by atoms with Crippen LogP contribution < -0.4 is 16.8 Å². The number of aliphatic hydroxyl groups is 3. The third kappa shape index (κ3) is 10.0. The molecule has 0 bridgehead atoms. The molecule has 1 saturated carbocycles. The van der Waals surface area contributed by atoms with Crippen LogP contribution in [0.4, 0.5) is 34.5 Å². The Morgan fingerprint density at radius 2 is 1.25 bits per heavy atom. The number of anilines is 3. The SMILES string of the molecule is Cc1nc2ccc(F)cc2s1.Fc1ccc2ncsc2c1.Nc1nc(Cl)c(-c2nc3ccc(F)cc3s2)c(N[C@@H]2C[C@H](CO)[C@@H](O)[C@H]2O)n1.Nc1nc2ccc(F)cc2s1. The van der Waals surface area contributed by atoms with Gasteiger partial charge in [0.05, 0.1) is 69.1 Å².